The third-order valence-corrected chi connectivity index (χ3v) is 6.41. The quantitative estimate of drug-likeness (QED) is 0.246. The second kappa shape index (κ2) is 11.7. The number of hydrogen-bond acceptors (Lipinski definition) is 5. The highest BCUT2D eigenvalue weighted by atomic mass is 16.5. The number of aromatic nitrogens is 3. The number of nitrogens with zero attached hydrogens (tertiary/aromatic N) is 3. The van der Waals surface area contributed by atoms with E-state index in [9.17, 15) is 9.59 Å². The van der Waals surface area contributed by atoms with Crippen LogP contribution in [0, 0.1) is 5.41 Å². The van der Waals surface area contributed by atoms with Gasteiger partial charge in [0.1, 0.15) is 22.5 Å². The topological polar surface area (TPSA) is 101 Å². The van der Waals surface area contributed by atoms with E-state index in [1.54, 1.807) is 30.0 Å². The summed E-state index contributed by atoms with van der Waals surface area (Å²) >= 11 is 0. The maximum atomic E-state index is 13.3. The molecule has 0 aliphatic rings. The van der Waals surface area contributed by atoms with E-state index in [1.165, 1.54) is 23.3 Å². The Morgan fingerprint density at radius 3 is 2.61 bits per heavy atom. The summed E-state index contributed by atoms with van der Waals surface area (Å²) < 4.78 is 8.38. The van der Waals surface area contributed by atoms with Crippen LogP contribution in [-0.2, 0) is 13.0 Å². The average Bonchev–Trinajstić information content (AvgIpc) is 2.90. The van der Waals surface area contributed by atoms with Crippen LogP contribution in [0.2, 0.25) is 0 Å². The van der Waals surface area contributed by atoms with E-state index in [2.05, 4.69) is 12.2 Å². The number of methoxy groups -OCH3 is 1. The Bertz CT molecular complexity index is 1470. The highest BCUT2D eigenvalue weighted by Crippen LogP contribution is 2.14. The molecule has 3 heterocycles. The zero-order chi connectivity index (χ0) is 25.5. The van der Waals surface area contributed by atoms with Gasteiger partial charge in [0.25, 0.3) is 11.5 Å². The van der Waals surface area contributed by atoms with Crippen LogP contribution in [-0.4, -0.2) is 33.5 Å². The number of amides is 1. The van der Waals surface area contributed by atoms with Gasteiger partial charge in [-0.15, -0.1) is 0 Å². The van der Waals surface area contributed by atoms with Gasteiger partial charge in [-0.2, -0.15) is 0 Å². The minimum Gasteiger partial charge on any atom is -0.497 e. The molecule has 0 aliphatic heterocycles. The molecule has 0 spiro atoms. The lowest BCUT2D eigenvalue weighted by atomic mass is 10.1. The normalized spacial score (nSPS) is 11.2. The minimum absolute atomic E-state index is 0.0478. The summed E-state index contributed by atoms with van der Waals surface area (Å²) in [7, 11) is 1.62. The van der Waals surface area contributed by atoms with E-state index < -0.39 is 0 Å². The van der Waals surface area contributed by atoms with Crippen LogP contribution in [0.25, 0.3) is 16.7 Å². The van der Waals surface area contributed by atoms with E-state index in [4.69, 9.17) is 15.1 Å². The molecule has 8 heteroatoms. The van der Waals surface area contributed by atoms with Crippen molar-refractivity contribution in [2.24, 2.45) is 0 Å². The summed E-state index contributed by atoms with van der Waals surface area (Å²) in [6, 6.07) is 14.6. The fourth-order valence-electron chi connectivity index (χ4n) is 4.34. The number of fused-ring (bicyclic) bond motifs is 2. The molecule has 0 unspecified atom stereocenters. The number of ether oxygens (including phenoxy) is 1. The molecule has 36 heavy (non-hydrogen) atoms. The molecule has 8 nitrogen and oxygen atoms in total. The molecule has 3 aromatic heterocycles. The minimum atomic E-state index is -0.340. The highest BCUT2D eigenvalue weighted by molar-refractivity contribution is 5.96. The van der Waals surface area contributed by atoms with E-state index in [0.717, 1.165) is 30.6 Å². The van der Waals surface area contributed by atoms with Crippen molar-refractivity contribution < 1.29 is 9.53 Å². The van der Waals surface area contributed by atoms with Crippen LogP contribution in [0.1, 0.15) is 54.9 Å². The third-order valence-electron chi connectivity index (χ3n) is 6.41. The Morgan fingerprint density at radius 2 is 1.86 bits per heavy atom. The Kier molecular flexibility index (Phi) is 8.15. The number of pyridine rings is 2. The first-order valence-corrected chi connectivity index (χ1v) is 12.5. The number of aryl methyl sites for hydroxylation is 2. The van der Waals surface area contributed by atoms with Gasteiger partial charge in [0, 0.05) is 19.3 Å². The van der Waals surface area contributed by atoms with Crippen molar-refractivity contribution in [3.63, 3.8) is 0 Å². The molecule has 0 bridgehead atoms. The van der Waals surface area contributed by atoms with Crippen LogP contribution >= 0.6 is 0 Å². The number of carbonyl (C=O) groups is 1. The number of hydrogen-bond donors (Lipinski definition) is 2. The Balaban J connectivity index is 1.70. The molecule has 0 saturated carbocycles. The fraction of sp³-hybridized carbons (Fsp3) is 0.357. The predicted molar refractivity (Wildman–Crippen MR) is 141 cm³/mol. The van der Waals surface area contributed by atoms with Crippen molar-refractivity contribution in [3.05, 3.63) is 81.7 Å². The number of benzene rings is 1. The van der Waals surface area contributed by atoms with Gasteiger partial charge in [0.2, 0.25) is 0 Å². The van der Waals surface area contributed by atoms with Crippen molar-refractivity contribution in [2.75, 3.05) is 13.7 Å². The number of nitrogens with one attached hydrogen (secondary N) is 2. The zero-order valence-corrected chi connectivity index (χ0v) is 20.9. The summed E-state index contributed by atoms with van der Waals surface area (Å²) in [6.07, 6.45) is 7.71. The van der Waals surface area contributed by atoms with Gasteiger partial charge in [0.05, 0.1) is 18.1 Å². The van der Waals surface area contributed by atoms with Crippen molar-refractivity contribution in [1.82, 2.24) is 19.3 Å². The summed E-state index contributed by atoms with van der Waals surface area (Å²) in [6.45, 7) is 3.11. The molecule has 0 saturated heterocycles. The summed E-state index contributed by atoms with van der Waals surface area (Å²) in [4.78, 5) is 31.1. The maximum absolute atomic E-state index is 13.3. The van der Waals surface area contributed by atoms with E-state index in [1.807, 2.05) is 30.3 Å². The number of carbonyl (C=O) groups excluding carboxylic acids is 1. The smallest absolute Gasteiger partial charge is 0.267 e. The lowest BCUT2D eigenvalue weighted by Gasteiger charge is -2.15. The predicted octanol–water partition coefficient (Wildman–Crippen LogP) is 4.08. The number of unbranched alkanes of at least 4 members (excludes halogenated alkanes) is 4. The molecule has 1 amide bonds. The van der Waals surface area contributed by atoms with Crippen LogP contribution in [0.4, 0.5) is 0 Å². The van der Waals surface area contributed by atoms with Crippen LogP contribution in [0.15, 0.2) is 59.5 Å². The van der Waals surface area contributed by atoms with Crippen molar-refractivity contribution in [2.45, 2.75) is 52.0 Å². The van der Waals surface area contributed by atoms with Crippen LogP contribution in [0.3, 0.4) is 0 Å². The van der Waals surface area contributed by atoms with E-state index >= 15 is 0 Å². The molecule has 0 radical (unpaired) electrons. The summed E-state index contributed by atoms with van der Waals surface area (Å²) in [5.74, 6) is 0.431. The summed E-state index contributed by atoms with van der Waals surface area (Å²) in [5, 5.41) is 12.1. The van der Waals surface area contributed by atoms with E-state index in [-0.39, 0.29) is 22.5 Å². The number of rotatable bonds is 11. The molecule has 4 aromatic rings. The van der Waals surface area contributed by atoms with Crippen molar-refractivity contribution in [3.8, 4) is 5.75 Å². The Morgan fingerprint density at radius 1 is 1.08 bits per heavy atom. The van der Waals surface area contributed by atoms with Gasteiger partial charge in [-0.05, 0) is 48.7 Å². The van der Waals surface area contributed by atoms with Crippen molar-refractivity contribution in [1.29, 1.82) is 5.41 Å². The maximum Gasteiger partial charge on any atom is 0.267 e. The first kappa shape index (κ1) is 25.2. The van der Waals surface area contributed by atoms with Gasteiger partial charge >= 0.3 is 0 Å². The molecule has 2 N–H and O–H groups in total. The highest BCUT2D eigenvalue weighted by Gasteiger charge is 2.17. The average molecular weight is 488 g/mol. The Hall–Kier alpha value is -3.94. The largest absolute Gasteiger partial charge is 0.497 e. The molecule has 0 fully saturated rings. The molecule has 1 aromatic carbocycles. The van der Waals surface area contributed by atoms with Gasteiger partial charge in [0.15, 0.2) is 0 Å². The molecule has 0 aliphatic carbocycles. The lowest BCUT2D eigenvalue weighted by molar-refractivity contribution is 0.0950. The van der Waals surface area contributed by atoms with E-state index in [0.29, 0.717) is 36.2 Å². The molecule has 0 atom stereocenters. The molecule has 4 rings (SSSR count). The van der Waals surface area contributed by atoms with Crippen LogP contribution in [0.5, 0.6) is 5.75 Å². The summed E-state index contributed by atoms with van der Waals surface area (Å²) in [5.41, 5.74) is 1.92. The van der Waals surface area contributed by atoms with Gasteiger partial charge < -0.3 is 14.6 Å². The van der Waals surface area contributed by atoms with Gasteiger partial charge in [-0.25, -0.2) is 4.98 Å². The first-order valence-electron chi connectivity index (χ1n) is 12.5. The second-order valence-electron chi connectivity index (χ2n) is 8.91. The standard InChI is InChI=1S/C28H33N5O3/c1-3-4-5-6-8-16-30-27(34)22-19-23-26(31-24-10-7-9-17-32(24)28(23)35)33(25(22)29)18-15-20-11-13-21(36-2)14-12-20/h7,9-14,17,19,29H,3-6,8,15-16,18H2,1-2H3,(H,30,34). The van der Waals surface area contributed by atoms with Gasteiger partial charge in [-0.1, -0.05) is 50.8 Å². The molecule has 188 valence electrons. The SMILES string of the molecule is CCCCCCCNC(=O)c1cc2c(=O)n3ccccc3nc2n(CCc2ccc(OC)cc2)c1=N. The monoisotopic (exact) mass is 487 g/mol. The van der Waals surface area contributed by atoms with Gasteiger partial charge in [-0.3, -0.25) is 19.4 Å². The fourth-order valence-corrected chi connectivity index (χ4v) is 4.34. The molecular weight excluding hydrogens is 454 g/mol. The Labute approximate surface area is 210 Å². The first-order chi connectivity index (χ1) is 17.5. The third kappa shape index (κ3) is 5.48. The zero-order valence-electron chi connectivity index (χ0n) is 20.9. The lowest BCUT2D eigenvalue weighted by Crippen LogP contribution is -2.35. The van der Waals surface area contributed by atoms with Crippen LogP contribution < -0.4 is 21.1 Å². The second-order valence-corrected chi connectivity index (χ2v) is 8.91. The molecular formula is C28H33N5O3. The van der Waals surface area contributed by atoms with Crippen molar-refractivity contribution >= 4 is 22.6 Å².